The second-order valence-electron chi connectivity index (χ2n) is 6.27. The summed E-state index contributed by atoms with van der Waals surface area (Å²) in [5, 5.41) is 5.36. The van der Waals surface area contributed by atoms with Crippen molar-refractivity contribution in [2.45, 2.75) is 19.6 Å². The van der Waals surface area contributed by atoms with E-state index in [4.69, 9.17) is 0 Å². The van der Waals surface area contributed by atoms with Crippen molar-refractivity contribution in [3.05, 3.63) is 69.6 Å². The molecule has 0 bridgehead atoms. The fraction of sp³-hybridized carbons (Fsp3) is 0.167. The number of rotatable bonds is 4. The molecule has 0 aliphatic heterocycles. The van der Waals surface area contributed by atoms with Crippen LogP contribution in [-0.4, -0.2) is 25.0 Å². The topological polar surface area (TPSA) is 0 Å². The molecule has 0 unspecified atom stereocenters. The third-order valence-electron chi connectivity index (χ3n) is 4.70. The zero-order valence-corrected chi connectivity index (χ0v) is 27.5. The van der Waals surface area contributed by atoms with Gasteiger partial charge in [0.1, 0.15) is 0 Å². The van der Waals surface area contributed by atoms with Gasteiger partial charge >= 0.3 is 0 Å². The molecule has 4 aromatic rings. The van der Waals surface area contributed by atoms with Gasteiger partial charge in [-0.15, -0.1) is 47.0 Å². The van der Waals surface area contributed by atoms with E-state index in [1.807, 2.05) is 23.5 Å². The van der Waals surface area contributed by atoms with Gasteiger partial charge in [0.15, 0.2) is 0 Å². The molecule has 0 aliphatic rings. The minimum Gasteiger partial charge on any atom is -0.129 e. The highest BCUT2D eigenvalue weighted by atomic mass is 80.9. The number of hydrogen-bond donors (Lipinski definition) is 0. The van der Waals surface area contributed by atoms with Crippen LogP contribution in [0.5, 0.6) is 0 Å². The standard InChI is InChI=1S/C12H10Br2S2.C12H12S2.Br2/c1-15-11-7-3-6-10(14)12(16-2)8(7)4-5-9(11)13;1-13-11-7-3-6-10-9(11)5-4-8-12(10)14-2;1-2/h3-6H,1-2H3;3-8H,1-2H3;. The highest BCUT2D eigenvalue weighted by Gasteiger charge is 2.10. The fourth-order valence-corrected chi connectivity index (χ4v) is 7.53. The quantitative estimate of drug-likeness (QED) is 0.190. The summed E-state index contributed by atoms with van der Waals surface area (Å²) in [7, 11) is 0. The smallest absolute Gasteiger partial charge is 0.0317 e. The fourth-order valence-electron chi connectivity index (χ4n) is 3.32. The van der Waals surface area contributed by atoms with Crippen LogP contribution in [0.25, 0.3) is 21.5 Å². The molecule has 0 nitrogen and oxygen atoms in total. The Balaban J connectivity index is 0.000000212. The SMILES string of the molecule is BrBr.CSc1c(Br)ccc2c(SC)c(Br)ccc12.CSc1cccc2c(SC)cccc12. The molecule has 0 aliphatic carbocycles. The molecular weight excluding hydrogens is 736 g/mol. The molecule has 0 fully saturated rings. The van der Waals surface area contributed by atoms with Crippen LogP contribution in [0.15, 0.2) is 89.2 Å². The molecule has 0 amide bonds. The van der Waals surface area contributed by atoms with Gasteiger partial charge in [-0.2, -0.15) is 0 Å². The lowest BCUT2D eigenvalue weighted by atomic mass is 10.1. The lowest BCUT2D eigenvalue weighted by molar-refractivity contribution is 1.42. The molecule has 0 N–H and O–H groups in total. The maximum atomic E-state index is 3.60. The number of fused-ring (bicyclic) bond motifs is 2. The first-order valence-electron chi connectivity index (χ1n) is 9.28. The average molecular weight is 758 g/mol. The van der Waals surface area contributed by atoms with Crippen molar-refractivity contribution in [3.8, 4) is 0 Å². The zero-order chi connectivity index (χ0) is 23.7. The van der Waals surface area contributed by atoms with Gasteiger partial charge in [-0.05, 0) is 103 Å². The largest absolute Gasteiger partial charge is 0.129 e. The highest BCUT2D eigenvalue weighted by Crippen LogP contribution is 2.40. The third-order valence-corrected chi connectivity index (χ3v) is 9.83. The molecule has 4 aromatic carbocycles. The van der Waals surface area contributed by atoms with E-state index in [-0.39, 0.29) is 0 Å². The molecule has 0 aromatic heterocycles. The first kappa shape index (κ1) is 29.0. The summed E-state index contributed by atoms with van der Waals surface area (Å²) in [5.74, 6) is 0. The normalized spacial score (nSPS) is 10.4. The predicted molar refractivity (Wildman–Crippen MR) is 168 cm³/mol. The first-order chi connectivity index (χ1) is 15.5. The highest BCUT2D eigenvalue weighted by molar-refractivity contribution is 9.93. The van der Waals surface area contributed by atoms with Crippen LogP contribution < -0.4 is 0 Å². The van der Waals surface area contributed by atoms with E-state index < -0.39 is 0 Å². The molecule has 0 saturated heterocycles. The molecule has 8 heteroatoms. The summed E-state index contributed by atoms with van der Waals surface area (Å²) in [4.78, 5) is 5.33. The number of halogens is 4. The van der Waals surface area contributed by atoms with Crippen molar-refractivity contribution in [1.29, 1.82) is 0 Å². The zero-order valence-electron chi connectivity index (χ0n) is 17.9. The third kappa shape index (κ3) is 6.90. The molecule has 32 heavy (non-hydrogen) atoms. The summed E-state index contributed by atoms with van der Waals surface area (Å²) < 4.78 is 2.34. The second-order valence-corrected chi connectivity index (χ2v) is 11.3. The van der Waals surface area contributed by atoms with E-state index in [9.17, 15) is 0 Å². The summed E-state index contributed by atoms with van der Waals surface area (Å²) in [5.41, 5.74) is 0. The van der Waals surface area contributed by atoms with E-state index >= 15 is 0 Å². The Labute approximate surface area is 240 Å². The van der Waals surface area contributed by atoms with Gasteiger partial charge in [0.25, 0.3) is 0 Å². The lowest BCUT2D eigenvalue weighted by Gasteiger charge is -2.11. The Kier molecular flexibility index (Phi) is 13.5. The predicted octanol–water partition coefficient (Wildman–Crippen LogP) is 11.8. The van der Waals surface area contributed by atoms with Crippen LogP contribution in [0, 0.1) is 0 Å². The molecule has 4 rings (SSSR count). The Morgan fingerprint density at radius 2 is 0.844 bits per heavy atom. The van der Waals surface area contributed by atoms with Gasteiger partial charge in [0, 0.05) is 56.8 Å². The van der Waals surface area contributed by atoms with Crippen LogP contribution in [0.1, 0.15) is 0 Å². The van der Waals surface area contributed by atoms with Gasteiger partial charge in [-0.25, -0.2) is 0 Å². The van der Waals surface area contributed by atoms with Crippen LogP contribution in [0.2, 0.25) is 0 Å². The minimum absolute atomic E-state index is 1.17. The number of benzene rings is 4. The maximum absolute atomic E-state index is 3.60. The Bertz CT molecular complexity index is 1090. The van der Waals surface area contributed by atoms with E-state index in [1.165, 1.54) is 50.1 Å². The monoisotopic (exact) mass is 754 g/mol. The van der Waals surface area contributed by atoms with Crippen LogP contribution in [-0.2, 0) is 0 Å². The molecule has 0 heterocycles. The first-order valence-corrected chi connectivity index (χ1v) is 19.5. The summed E-state index contributed by atoms with van der Waals surface area (Å²) >= 11 is 19.9. The number of hydrogen-bond acceptors (Lipinski definition) is 4. The maximum Gasteiger partial charge on any atom is 0.0317 e. The molecule has 0 radical (unpaired) electrons. The molecule has 170 valence electrons. The second kappa shape index (κ2) is 15.0. The molecule has 0 atom stereocenters. The van der Waals surface area contributed by atoms with Gasteiger partial charge < -0.3 is 0 Å². The van der Waals surface area contributed by atoms with Crippen molar-refractivity contribution >= 4 is 129 Å². The van der Waals surface area contributed by atoms with Crippen molar-refractivity contribution in [1.82, 2.24) is 0 Å². The van der Waals surface area contributed by atoms with Crippen LogP contribution in [0.3, 0.4) is 0 Å². The van der Waals surface area contributed by atoms with Crippen molar-refractivity contribution < 1.29 is 0 Å². The van der Waals surface area contributed by atoms with Gasteiger partial charge in [-0.3, -0.25) is 0 Å². The Morgan fingerprint density at radius 1 is 0.469 bits per heavy atom. The van der Waals surface area contributed by atoms with E-state index in [2.05, 4.69) is 146 Å². The van der Waals surface area contributed by atoms with Crippen molar-refractivity contribution in [3.63, 3.8) is 0 Å². The summed E-state index contributed by atoms with van der Waals surface area (Å²) in [6.07, 6.45) is 8.47. The van der Waals surface area contributed by atoms with Crippen LogP contribution in [0.4, 0.5) is 0 Å². The van der Waals surface area contributed by atoms with Crippen LogP contribution >= 0.6 is 107 Å². The van der Waals surface area contributed by atoms with Gasteiger partial charge in [-0.1, -0.05) is 36.4 Å². The minimum atomic E-state index is 1.17. The Hall–Kier alpha value is 0.720. The number of thioether (sulfide) groups is 4. The van der Waals surface area contributed by atoms with Gasteiger partial charge in [0.2, 0.25) is 0 Å². The Morgan fingerprint density at radius 3 is 1.16 bits per heavy atom. The van der Waals surface area contributed by atoms with Gasteiger partial charge in [0.05, 0.1) is 0 Å². The molecule has 0 spiro atoms. The molecule has 0 saturated carbocycles. The summed E-state index contributed by atoms with van der Waals surface area (Å²) in [6, 6.07) is 21.6. The average Bonchev–Trinajstić information content (AvgIpc) is 2.84. The van der Waals surface area contributed by atoms with Crippen molar-refractivity contribution in [2.24, 2.45) is 0 Å². The lowest BCUT2D eigenvalue weighted by Crippen LogP contribution is -1.83. The van der Waals surface area contributed by atoms with E-state index in [0.717, 1.165) is 0 Å². The van der Waals surface area contributed by atoms with E-state index in [1.54, 1.807) is 23.5 Å². The van der Waals surface area contributed by atoms with Crippen molar-refractivity contribution in [2.75, 3.05) is 25.0 Å². The van der Waals surface area contributed by atoms with E-state index in [0.29, 0.717) is 0 Å². The summed E-state index contributed by atoms with van der Waals surface area (Å²) in [6.45, 7) is 0. The molecular formula is C24H22Br4S4.